The first-order chi connectivity index (χ1) is 9.83. The molecule has 0 saturated heterocycles. The lowest BCUT2D eigenvalue weighted by Gasteiger charge is -2.11. The van der Waals surface area contributed by atoms with Gasteiger partial charge in [-0.15, -0.1) is 0 Å². The van der Waals surface area contributed by atoms with Crippen molar-refractivity contribution in [3.05, 3.63) is 50.9 Å². The van der Waals surface area contributed by atoms with Gasteiger partial charge in [0, 0.05) is 14.6 Å². The van der Waals surface area contributed by atoms with Gasteiger partial charge in [0.15, 0.2) is 0 Å². The lowest BCUT2D eigenvalue weighted by molar-refractivity contribution is 0.601. The quantitative estimate of drug-likeness (QED) is 0.728. The van der Waals surface area contributed by atoms with Crippen molar-refractivity contribution in [3.8, 4) is 6.07 Å². The van der Waals surface area contributed by atoms with Crippen molar-refractivity contribution in [2.75, 3.05) is 10.5 Å². The zero-order valence-electron chi connectivity index (χ0n) is 10.5. The predicted molar refractivity (Wildman–Crippen MR) is 88.2 cm³/mol. The van der Waals surface area contributed by atoms with E-state index in [4.69, 9.17) is 11.0 Å². The third-order valence-electron chi connectivity index (χ3n) is 2.59. The summed E-state index contributed by atoms with van der Waals surface area (Å²) in [5.74, 6) is 0. The molecule has 0 aliphatic carbocycles. The number of sulfonamides is 1. The van der Waals surface area contributed by atoms with Crippen molar-refractivity contribution in [1.29, 1.82) is 5.26 Å². The maximum atomic E-state index is 12.4. The summed E-state index contributed by atoms with van der Waals surface area (Å²) in [5, 5.41) is 9.06. The van der Waals surface area contributed by atoms with Crippen LogP contribution in [0.25, 0.3) is 0 Å². The molecule has 0 aliphatic heterocycles. The second kappa shape index (κ2) is 6.05. The molecule has 108 valence electrons. The van der Waals surface area contributed by atoms with E-state index in [1.807, 2.05) is 6.07 Å². The number of nitrogens with two attached hydrogens (primary N) is 1. The van der Waals surface area contributed by atoms with E-state index in [9.17, 15) is 8.42 Å². The van der Waals surface area contributed by atoms with Gasteiger partial charge in [0.2, 0.25) is 0 Å². The Bertz CT molecular complexity index is 845. The monoisotopic (exact) mass is 429 g/mol. The van der Waals surface area contributed by atoms with Gasteiger partial charge in [0.25, 0.3) is 10.0 Å². The standard InChI is InChI=1S/C13H9Br2N3O2S/c14-9-1-3-11(15)12(6-9)18-21(19,20)13-4-2-10(17)5-8(13)7-16/h1-6,18H,17H2. The van der Waals surface area contributed by atoms with Gasteiger partial charge in [-0.1, -0.05) is 15.9 Å². The maximum absolute atomic E-state index is 12.4. The Hall–Kier alpha value is -1.56. The first-order valence-corrected chi connectivity index (χ1v) is 8.68. The highest BCUT2D eigenvalue weighted by Gasteiger charge is 2.20. The first kappa shape index (κ1) is 15.8. The molecule has 5 nitrogen and oxygen atoms in total. The van der Waals surface area contributed by atoms with E-state index in [1.165, 1.54) is 18.2 Å². The number of benzene rings is 2. The summed E-state index contributed by atoms with van der Waals surface area (Å²) in [6, 6.07) is 11.0. The highest BCUT2D eigenvalue weighted by molar-refractivity contribution is 9.11. The third-order valence-corrected chi connectivity index (χ3v) is 5.19. The third kappa shape index (κ3) is 3.56. The lowest BCUT2D eigenvalue weighted by atomic mass is 10.2. The molecule has 0 spiro atoms. The van der Waals surface area contributed by atoms with Gasteiger partial charge < -0.3 is 5.73 Å². The first-order valence-electron chi connectivity index (χ1n) is 5.61. The number of anilines is 2. The van der Waals surface area contributed by atoms with E-state index in [0.29, 0.717) is 15.8 Å². The van der Waals surface area contributed by atoms with Crippen molar-refractivity contribution in [3.63, 3.8) is 0 Å². The molecule has 21 heavy (non-hydrogen) atoms. The smallest absolute Gasteiger partial charge is 0.263 e. The summed E-state index contributed by atoms with van der Waals surface area (Å²) < 4.78 is 28.6. The zero-order valence-corrected chi connectivity index (χ0v) is 14.5. The molecular formula is C13H9Br2N3O2S. The van der Waals surface area contributed by atoms with Gasteiger partial charge in [0.05, 0.1) is 11.3 Å². The number of nitriles is 1. The molecule has 0 radical (unpaired) electrons. The molecule has 0 bridgehead atoms. The summed E-state index contributed by atoms with van der Waals surface area (Å²) in [4.78, 5) is -0.119. The van der Waals surface area contributed by atoms with Gasteiger partial charge in [-0.3, -0.25) is 4.72 Å². The van der Waals surface area contributed by atoms with Crippen LogP contribution in [-0.2, 0) is 10.0 Å². The van der Waals surface area contributed by atoms with E-state index in [-0.39, 0.29) is 10.5 Å². The predicted octanol–water partition coefficient (Wildman–Crippen LogP) is 3.47. The topological polar surface area (TPSA) is 96.0 Å². The van der Waals surface area contributed by atoms with Crippen LogP contribution in [0.15, 0.2) is 50.2 Å². The van der Waals surface area contributed by atoms with E-state index in [2.05, 4.69) is 36.6 Å². The van der Waals surface area contributed by atoms with Gasteiger partial charge >= 0.3 is 0 Å². The molecule has 3 N–H and O–H groups in total. The van der Waals surface area contributed by atoms with Crippen molar-refractivity contribution in [1.82, 2.24) is 0 Å². The second-order valence-corrected chi connectivity index (χ2v) is 7.52. The largest absolute Gasteiger partial charge is 0.399 e. The lowest BCUT2D eigenvalue weighted by Crippen LogP contribution is -2.15. The number of hydrogen-bond acceptors (Lipinski definition) is 4. The van der Waals surface area contributed by atoms with Crippen LogP contribution >= 0.6 is 31.9 Å². The average molecular weight is 431 g/mol. The fourth-order valence-corrected chi connectivity index (χ4v) is 3.69. The Morgan fingerprint density at radius 2 is 1.86 bits per heavy atom. The Morgan fingerprint density at radius 1 is 1.14 bits per heavy atom. The molecule has 0 saturated carbocycles. The molecule has 0 heterocycles. The number of nitrogens with one attached hydrogen (secondary N) is 1. The highest BCUT2D eigenvalue weighted by Crippen LogP contribution is 2.29. The number of rotatable bonds is 3. The number of halogens is 2. The molecule has 0 amide bonds. The molecule has 0 fully saturated rings. The molecule has 2 rings (SSSR count). The van der Waals surface area contributed by atoms with Crippen LogP contribution in [0.4, 0.5) is 11.4 Å². The Kier molecular flexibility index (Phi) is 4.56. The Balaban J connectivity index is 2.49. The van der Waals surface area contributed by atoms with Crippen molar-refractivity contribution in [2.24, 2.45) is 0 Å². The zero-order chi connectivity index (χ0) is 15.6. The van der Waals surface area contributed by atoms with E-state index in [1.54, 1.807) is 18.2 Å². The van der Waals surface area contributed by atoms with Crippen LogP contribution in [0.5, 0.6) is 0 Å². The molecule has 0 unspecified atom stereocenters. The molecule has 0 atom stereocenters. The van der Waals surface area contributed by atoms with Crippen LogP contribution in [-0.4, -0.2) is 8.42 Å². The van der Waals surface area contributed by atoms with Gasteiger partial charge in [0.1, 0.15) is 11.0 Å². The van der Waals surface area contributed by atoms with Gasteiger partial charge in [-0.25, -0.2) is 8.42 Å². The summed E-state index contributed by atoms with van der Waals surface area (Å²) in [5.41, 5.74) is 6.25. The number of hydrogen-bond donors (Lipinski definition) is 2. The van der Waals surface area contributed by atoms with Crippen LogP contribution < -0.4 is 10.5 Å². The van der Waals surface area contributed by atoms with Crippen LogP contribution in [0.1, 0.15) is 5.56 Å². The van der Waals surface area contributed by atoms with Gasteiger partial charge in [-0.2, -0.15) is 5.26 Å². The Morgan fingerprint density at radius 3 is 2.52 bits per heavy atom. The van der Waals surface area contributed by atoms with E-state index in [0.717, 1.165) is 4.47 Å². The fourth-order valence-electron chi connectivity index (χ4n) is 1.64. The summed E-state index contributed by atoms with van der Waals surface area (Å²) in [7, 11) is -3.89. The summed E-state index contributed by atoms with van der Waals surface area (Å²) >= 11 is 6.54. The SMILES string of the molecule is N#Cc1cc(N)ccc1S(=O)(=O)Nc1cc(Br)ccc1Br. The van der Waals surface area contributed by atoms with E-state index >= 15 is 0 Å². The fraction of sp³-hybridized carbons (Fsp3) is 0. The van der Waals surface area contributed by atoms with Crippen molar-refractivity contribution < 1.29 is 8.42 Å². The minimum Gasteiger partial charge on any atom is -0.399 e. The second-order valence-electron chi connectivity index (χ2n) is 4.10. The van der Waals surface area contributed by atoms with Gasteiger partial charge in [-0.05, 0) is 52.3 Å². The maximum Gasteiger partial charge on any atom is 0.263 e. The van der Waals surface area contributed by atoms with Crippen LogP contribution in [0.3, 0.4) is 0 Å². The van der Waals surface area contributed by atoms with E-state index < -0.39 is 10.0 Å². The molecule has 0 aliphatic rings. The molecule has 0 aromatic heterocycles. The summed E-state index contributed by atoms with van der Waals surface area (Å²) in [6.45, 7) is 0. The molecule has 8 heteroatoms. The molecular weight excluding hydrogens is 422 g/mol. The highest BCUT2D eigenvalue weighted by atomic mass is 79.9. The Labute approximate surface area is 139 Å². The summed E-state index contributed by atoms with van der Waals surface area (Å²) in [6.07, 6.45) is 0. The molecule has 2 aromatic rings. The minimum absolute atomic E-state index is 0.00591. The van der Waals surface area contributed by atoms with Crippen molar-refractivity contribution in [2.45, 2.75) is 4.90 Å². The van der Waals surface area contributed by atoms with Crippen molar-refractivity contribution >= 4 is 53.3 Å². The number of nitrogens with zero attached hydrogens (tertiary/aromatic N) is 1. The van der Waals surface area contributed by atoms with Crippen LogP contribution in [0, 0.1) is 11.3 Å². The average Bonchev–Trinajstić information content (AvgIpc) is 2.42. The number of nitrogen functional groups attached to an aromatic ring is 1. The minimum atomic E-state index is -3.89. The van der Waals surface area contributed by atoms with Crippen LogP contribution in [0.2, 0.25) is 0 Å². The molecule has 2 aromatic carbocycles. The normalized spacial score (nSPS) is 10.9.